The topological polar surface area (TPSA) is 61.8 Å². The van der Waals surface area contributed by atoms with E-state index in [1.165, 1.54) is 18.2 Å². The summed E-state index contributed by atoms with van der Waals surface area (Å²) < 4.78 is 19.5. The average molecular weight is 420 g/mol. The molecule has 0 saturated carbocycles. The first-order valence-electron chi connectivity index (χ1n) is 9.69. The van der Waals surface area contributed by atoms with Gasteiger partial charge >= 0.3 is 0 Å². The van der Waals surface area contributed by atoms with Gasteiger partial charge in [-0.1, -0.05) is 17.7 Å². The fraction of sp³-hybridized carbons (Fsp3) is 0.450. The van der Waals surface area contributed by atoms with Crippen molar-refractivity contribution in [2.75, 3.05) is 62.3 Å². The number of carbonyl (C=O) groups is 1. The van der Waals surface area contributed by atoms with Gasteiger partial charge in [0.15, 0.2) is 0 Å². The molecule has 2 aromatic rings. The minimum Gasteiger partial charge on any atom is -0.378 e. The zero-order chi connectivity index (χ0) is 20.4. The maximum absolute atomic E-state index is 14.1. The molecule has 1 aromatic carbocycles. The van der Waals surface area contributed by atoms with E-state index in [1.807, 2.05) is 13.0 Å². The first-order chi connectivity index (χ1) is 14.0. The summed E-state index contributed by atoms with van der Waals surface area (Å²) in [6.45, 7) is 7.00. The number of benzene rings is 1. The number of carbonyl (C=O) groups excluding carboxylic acids is 1. The summed E-state index contributed by atoms with van der Waals surface area (Å²) in [5.74, 6) is 0.573. The lowest BCUT2D eigenvalue weighted by Crippen LogP contribution is -2.49. The molecule has 1 amide bonds. The van der Waals surface area contributed by atoms with Gasteiger partial charge in [0.25, 0.3) is 5.91 Å². The van der Waals surface area contributed by atoms with Gasteiger partial charge in [0.2, 0.25) is 5.95 Å². The molecular formula is C20H23ClFN5O2. The van der Waals surface area contributed by atoms with Gasteiger partial charge in [-0.2, -0.15) is 4.98 Å². The summed E-state index contributed by atoms with van der Waals surface area (Å²) >= 11 is 6.05. The molecule has 4 rings (SSSR count). The van der Waals surface area contributed by atoms with Crippen LogP contribution in [0.2, 0.25) is 5.02 Å². The maximum atomic E-state index is 14.1. The number of rotatable bonds is 3. The van der Waals surface area contributed by atoms with E-state index in [-0.39, 0.29) is 16.5 Å². The smallest absolute Gasteiger partial charge is 0.258 e. The second-order valence-corrected chi connectivity index (χ2v) is 7.55. The molecule has 0 spiro atoms. The number of halogens is 2. The highest BCUT2D eigenvalue weighted by Crippen LogP contribution is 2.23. The lowest BCUT2D eigenvalue weighted by molar-refractivity contribution is 0.0741. The molecule has 2 aliphatic rings. The second-order valence-electron chi connectivity index (χ2n) is 7.14. The number of aryl methyl sites for hydroxylation is 1. The zero-order valence-electron chi connectivity index (χ0n) is 16.3. The maximum Gasteiger partial charge on any atom is 0.258 e. The monoisotopic (exact) mass is 419 g/mol. The molecule has 0 N–H and O–H groups in total. The van der Waals surface area contributed by atoms with Crippen molar-refractivity contribution in [2.45, 2.75) is 6.92 Å². The largest absolute Gasteiger partial charge is 0.378 e. The summed E-state index contributed by atoms with van der Waals surface area (Å²) in [5, 5.41) is 0.134. The van der Waals surface area contributed by atoms with Crippen LogP contribution in [0.3, 0.4) is 0 Å². The molecule has 0 radical (unpaired) electrons. The van der Waals surface area contributed by atoms with Crippen molar-refractivity contribution in [3.8, 4) is 0 Å². The van der Waals surface area contributed by atoms with Crippen LogP contribution in [0.4, 0.5) is 16.2 Å². The lowest BCUT2D eigenvalue weighted by atomic mass is 10.1. The molecule has 2 fully saturated rings. The minimum absolute atomic E-state index is 0.0657. The molecule has 3 heterocycles. The summed E-state index contributed by atoms with van der Waals surface area (Å²) in [5.41, 5.74) is 0.831. The number of aromatic nitrogens is 2. The van der Waals surface area contributed by atoms with Crippen LogP contribution in [0.15, 0.2) is 24.3 Å². The van der Waals surface area contributed by atoms with Crippen molar-refractivity contribution in [1.82, 2.24) is 14.9 Å². The number of amides is 1. The Balaban J connectivity index is 1.46. The molecule has 2 aliphatic heterocycles. The van der Waals surface area contributed by atoms with E-state index in [9.17, 15) is 9.18 Å². The number of piperazine rings is 1. The predicted molar refractivity (Wildman–Crippen MR) is 109 cm³/mol. The number of ether oxygens (including phenoxy) is 1. The van der Waals surface area contributed by atoms with Gasteiger partial charge in [-0.3, -0.25) is 4.79 Å². The molecule has 0 unspecified atom stereocenters. The van der Waals surface area contributed by atoms with E-state index < -0.39 is 5.82 Å². The van der Waals surface area contributed by atoms with Gasteiger partial charge in [-0.25, -0.2) is 9.37 Å². The fourth-order valence-electron chi connectivity index (χ4n) is 3.60. The Kier molecular flexibility index (Phi) is 5.82. The zero-order valence-corrected chi connectivity index (χ0v) is 17.0. The van der Waals surface area contributed by atoms with Crippen LogP contribution in [0.1, 0.15) is 16.1 Å². The molecule has 0 atom stereocenters. The van der Waals surface area contributed by atoms with Crippen molar-refractivity contribution in [3.63, 3.8) is 0 Å². The normalized spacial score (nSPS) is 17.6. The number of morpholine rings is 1. The van der Waals surface area contributed by atoms with Gasteiger partial charge in [-0.15, -0.1) is 0 Å². The van der Waals surface area contributed by atoms with Crippen molar-refractivity contribution in [3.05, 3.63) is 46.4 Å². The summed E-state index contributed by atoms with van der Waals surface area (Å²) in [4.78, 5) is 27.9. The van der Waals surface area contributed by atoms with Crippen molar-refractivity contribution >= 4 is 29.3 Å². The minimum atomic E-state index is -0.595. The highest BCUT2D eigenvalue weighted by Gasteiger charge is 2.27. The third-order valence-electron chi connectivity index (χ3n) is 5.19. The lowest BCUT2D eigenvalue weighted by Gasteiger charge is -2.35. The Hall–Kier alpha value is -2.45. The van der Waals surface area contributed by atoms with Gasteiger partial charge < -0.3 is 19.4 Å². The third kappa shape index (κ3) is 4.28. The van der Waals surface area contributed by atoms with Crippen LogP contribution in [-0.2, 0) is 4.74 Å². The van der Waals surface area contributed by atoms with Crippen molar-refractivity contribution in [1.29, 1.82) is 0 Å². The molecule has 154 valence electrons. The standard InChI is InChI=1S/C20H23ClFN5O2/c1-14-13-17(25-9-11-29-12-10-25)24-20(23-14)27-7-5-26(6-8-27)19(28)18-15(21)3-2-4-16(18)22/h2-4,13H,5-12H2,1H3. The molecule has 0 aliphatic carbocycles. The van der Waals surface area contributed by atoms with Crippen LogP contribution in [0.25, 0.3) is 0 Å². The average Bonchev–Trinajstić information content (AvgIpc) is 2.74. The number of hydrogen-bond donors (Lipinski definition) is 0. The molecule has 2 saturated heterocycles. The van der Waals surface area contributed by atoms with E-state index in [2.05, 4.69) is 14.8 Å². The molecule has 29 heavy (non-hydrogen) atoms. The van der Waals surface area contributed by atoms with E-state index in [4.69, 9.17) is 21.3 Å². The Labute approximate surface area is 174 Å². The SMILES string of the molecule is Cc1cc(N2CCOCC2)nc(N2CCN(C(=O)c3c(F)cccc3Cl)CC2)n1. The quantitative estimate of drug-likeness (QED) is 0.761. The summed E-state index contributed by atoms with van der Waals surface area (Å²) in [6, 6.07) is 6.26. The Bertz CT molecular complexity index is 878. The van der Waals surface area contributed by atoms with Gasteiger partial charge in [0.1, 0.15) is 11.6 Å². The molecule has 0 bridgehead atoms. The Morgan fingerprint density at radius 3 is 2.48 bits per heavy atom. The van der Waals surface area contributed by atoms with Crippen LogP contribution >= 0.6 is 11.6 Å². The second kappa shape index (κ2) is 8.51. The molecule has 9 heteroatoms. The van der Waals surface area contributed by atoms with Gasteiger partial charge in [-0.05, 0) is 19.1 Å². The Morgan fingerprint density at radius 1 is 1.07 bits per heavy atom. The van der Waals surface area contributed by atoms with E-state index >= 15 is 0 Å². The molecule has 7 nitrogen and oxygen atoms in total. The summed E-state index contributed by atoms with van der Waals surface area (Å²) in [7, 11) is 0. The fourth-order valence-corrected chi connectivity index (χ4v) is 3.85. The van der Waals surface area contributed by atoms with Crippen LogP contribution < -0.4 is 9.80 Å². The van der Waals surface area contributed by atoms with E-state index in [0.717, 1.165) is 24.6 Å². The van der Waals surface area contributed by atoms with Crippen molar-refractivity contribution < 1.29 is 13.9 Å². The van der Waals surface area contributed by atoms with Crippen LogP contribution in [0, 0.1) is 12.7 Å². The van der Waals surface area contributed by atoms with E-state index in [0.29, 0.717) is 45.3 Å². The predicted octanol–water partition coefficient (Wildman–Crippen LogP) is 2.38. The third-order valence-corrected chi connectivity index (χ3v) is 5.51. The first kappa shape index (κ1) is 19.8. The number of anilines is 2. The van der Waals surface area contributed by atoms with Gasteiger partial charge in [0.05, 0.1) is 23.8 Å². The van der Waals surface area contributed by atoms with Gasteiger partial charge in [0, 0.05) is 51.0 Å². The first-order valence-corrected chi connectivity index (χ1v) is 10.1. The highest BCUT2D eigenvalue weighted by molar-refractivity contribution is 6.33. The number of nitrogens with zero attached hydrogens (tertiary/aromatic N) is 5. The highest BCUT2D eigenvalue weighted by atomic mass is 35.5. The van der Waals surface area contributed by atoms with Crippen molar-refractivity contribution in [2.24, 2.45) is 0 Å². The van der Waals surface area contributed by atoms with E-state index in [1.54, 1.807) is 4.90 Å². The Morgan fingerprint density at radius 2 is 1.79 bits per heavy atom. The number of hydrogen-bond acceptors (Lipinski definition) is 6. The van der Waals surface area contributed by atoms with Crippen LogP contribution in [-0.4, -0.2) is 73.3 Å². The molecule has 1 aromatic heterocycles. The molecular weight excluding hydrogens is 397 g/mol. The van der Waals surface area contributed by atoms with Crippen LogP contribution in [0.5, 0.6) is 0 Å². The summed E-state index contributed by atoms with van der Waals surface area (Å²) in [6.07, 6.45) is 0.